The minimum atomic E-state index is -0.515. The Bertz CT molecular complexity index is 969. The quantitative estimate of drug-likeness (QED) is 0.506. The average Bonchev–Trinajstić information content (AvgIpc) is 3.05. The van der Waals surface area contributed by atoms with E-state index >= 15 is 0 Å². The van der Waals surface area contributed by atoms with Gasteiger partial charge in [-0.05, 0) is 29.8 Å². The number of anilines is 1. The number of rotatable bonds is 4. The fourth-order valence-corrected chi connectivity index (χ4v) is 3.85. The maximum Gasteiger partial charge on any atom is 0.341 e. The third-order valence-electron chi connectivity index (χ3n) is 3.68. The summed E-state index contributed by atoms with van der Waals surface area (Å²) in [5, 5.41) is 5.34. The molecule has 3 aromatic rings. The molecule has 0 saturated heterocycles. The molecule has 132 valence electrons. The van der Waals surface area contributed by atoms with Crippen molar-refractivity contribution in [2.75, 3.05) is 12.4 Å². The maximum atomic E-state index is 12.5. The van der Waals surface area contributed by atoms with Gasteiger partial charge in [0.05, 0.1) is 17.7 Å². The van der Waals surface area contributed by atoms with Crippen LogP contribution < -0.4 is 5.32 Å². The largest absolute Gasteiger partial charge is 0.465 e. The van der Waals surface area contributed by atoms with Crippen molar-refractivity contribution in [2.24, 2.45) is 0 Å². The van der Waals surface area contributed by atoms with Crippen LogP contribution in [0.25, 0.3) is 11.1 Å². The summed E-state index contributed by atoms with van der Waals surface area (Å²) >= 11 is 10.7. The molecule has 0 saturated carbocycles. The van der Waals surface area contributed by atoms with Crippen LogP contribution in [-0.4, -0.2) is 19.0 Å². The highest BCUT2D eigenvalue weighted by atomic mass is 79.9. The van der Waals surface area contributed by atoms with Gasteiger partial charge in [-0.25, -0.2) is 4.79 Å². The van der Waals surface area contributed by atoms with E-state index in [1.165, 1.54) is 18.4 Å². The zero-order chi connectivity index (χ0) is 18.7. The molecule has 1 heterocycles. The molecule has 7 heteroatoms. The first kappa shape index (κ1) is 18.6. The number of carbonyl (C=O) groups is 2. The molecule has 4 nitrogen and oxygen atoms in total. The van der Waals surface area contributed by atoms with Crippen molar-refractivity contribution in [2.45, 2.75) is 0 Å². The number of benzene rings is 2. The fraction of sp³-hybridized carbons (Fsp3) is 0.0526. The van der Waals surface area contributed by atoms with Gasteiger partial charge < -0.3 is 10.1 Å². The Morgan fingerprint density at radius 2 is 1.81 bits per heavy atom. The van der Waals surface area contributed by atoms with Crippen molar-refractivity contribution in [3.05, 3.63) is 74.5 Å². The highest BCUT2D eigenvalue weighted by Gasteiger charge is 2.23. The maximum absolute atomic E-state index is 12.5. The third-order valence-corrected chi connectivity index (χ3v) is 5.44. The van der Waals surface area contributed by atoms with E-state index in [0.29, 0.717) is 26.7 Å². The summed E-state index contributed by atoms with van der Waals surface area (Å²) in [6.45, 7) is 0. The van der Waals surface area contributed by atoms with Gasteiger partial charge in [-0.1, -0.05) is 51.8 Å². The second kappa shape index (κ2) is 8.03. The minimum absolute atomic E-state index is 0.320. The number of hydrogen-bond donors (Lipinski definition) is 1. The van der Waals surface area contributed by atoms with Crippen LogP contribution in [0.4, 0.5) is 5.00 Å². The lowest BCUT2D eigenvalue weighted by atomic mass is 10.0. The van der Waals surface area contributed by atoms with Crippen molar-refractivity contribution >= 4 is 55.7 Å². The molecule has 1 aromatic heterocycles. The Morgan fingerprint density at radius 1 is 1.12 bits per heavy atom. The molecule has 0 aliphatic heterocycles. The molecule has 0 spiro atoms. The average molecular weight is 451 g/mol. The lowest BCUT2D eigenvalue weighted by Gasteiger charge is -2.08. The van der Waals surface area contributed by atoms with Crippen LogP contribution in [-0.2, 0) is 4.74 Å². The smallest absolute Gasteiger partial charge is 0.341 e. The number of nitrogens with one attached hydrogen (secondary N) is 1. The highest BCUT2D eigenvalue weighted by Crippen LogP contribution is 2.37. The second-order valence-corrected chi connectivity index (χ2v) is 7.49. The van der Waals surface area contributed by atoms with Gasteiger partial charge in [0.25, 0.3) is 5.91 Å². The van der Waals surface area contributed by atoms with Crippen molar-refractivity contribution in [1.29, 1.82) is 0 Å². The van der Waals surface area contributed by atoms with E-state index in [0.717, 1.165) is 10.0 Å². The lowest BCUT2D eigenvalue weighted by Crippen LogP contribution is -2.14. The molecule has 0 fully saturated rings. The van der Waals surface area contributed by atoms with Gasteiger partial charge >= 0.3 is 5.97 Å². The highest BCUT2D eigenvalue weighted by molar-refractivity contribution is 9.10. The van der Waals surface area contributed by atoms with Gasteiger partial charge in [0, 0.05) is 15.4 Å². The van der Waals surface area contributed by atoms with E-state index in [1.807, 2.05) is 29.6 Å². The van der Waals surface area contributed by atoms with Gasteiger partial charge in [0.15, 0.2) is 0 Å². The number of methoxy groups -OCH3 is 1. The summed E-state index contributed by atoms with van der Waals surface area (Å²) in [7, 11) is 1.31. The van der Waals surface area contributed by atoms with E-state index in [2.05, 4.69) is 21.2 Å². The van der Waals surface area contributed by atoms with Crippen LogP contribution in [0.15, 0.2) is 58.4 Å². The molecule has 1 amide bonds. The lowest BCUT2D eigenvalue weighted by molar-refractivity contribution is 0.0603. The van der Waals surface area contributed by atoms with Crippen molar-refractivity contribution < 1.29 is 14.3 Å². The first-order chi connectivity index (χ1) is 12.5. The molecular weight excluding hydrogens is 438 g/mol. The molecule has 0 bridgehead atoms. The van der Waals surface area contributed by atoms with Gasteiger partial charge in [-0.15, -0.1) is 11.3 Å². The molecule has 0 aliphatic carbocycles. The molecule has 1 N–H and O–H groups in total. The van der Waals surface area contributed by atoms with Crippen LogP contribution in [0.5, 0.6) is 0 Å². The Balaban J connectivity index is 2.00. The summed E-state index contributed by atoms with van der Waals surface area (Å²) < 4.78 is 5.85. The van der Waals surface area contributed by atoms with Crippen LogP contribution in [0.3, 0.4) is 0 Å². The van der Waals surface area contributed by atoms with E-state index < -0.39 is 5.97 Å². The summed E-state index contributed by atoms with van der Waals surface area (Å²) in [5.74, 6) is -0.899. The zero-order valence-corrected chi connectivity index (χ0v) is 16.7. The summed E-state index contributed by atoms with van der Waals surface area (Å²) in [5.41, 5.74) is 2.20. The van der Waals surface area contributed by atoms with Crippen LogP contribution in [0.1, 0.15) is 20.7 Å². The SMILES string of the molecule is COC(=O)c1c(-c2ccc(Br)cc2)csc1NC(=O)c1ccccc1Cl. The molecule has 0 unspecified atom stereocenters. The number of amides is 1. The summed E-state index contributed by atoms with van der Waals surface area (Å²) in [6, 6.07) is 14.3. The van der Waals surface area contributed by atoms with Crippen LogP contribution in [0, 0.1) is 0 Å². The monoisotopic (exact) mass is 449 g/mol. The molecule has 26 heavy (non-hydrogen) atoms. The molecule has 0 aliphatic rings. The van der Waals surface area contributed by atoms with Gasteiger partial charge in [0.1, 0.15) is 10.6 Å². The summed E-state index contributed by atoms with van der Waals surface area (Å²) in [6.07, 6.45) is 0. The number of halogens is 2. The third kappa shape index (κ3) is 3.82. The number of thiophene rings is 1. The number of hydrogen-bond acceptors (Lipinski definition) is 4. The molecular formula is C19H13BrClNO3S. The van der Waals surface area contributed by atoms with Crippen molar-refractivity contribution in [3.8, 4) is 11.1 Å². The van der Waals surface area contributed by atoms with Crippen LogP contribution >= 0.6 is 38.9 Å². The zero-order valence-electron chi connectivity index (χ0n) is 13.6. The first-order valence-corrected chi connectivity index (χ1v) is 9.58. The van der Waals surface area contributed by atoms with Crippen LogP contribution in [0.2, 0.25) is 5.02 Å². The standard InChI is InChI=1S/C19H13BrClNO3S/c1-25-19(24)16-14(11-6-8-12(20)9-7-11)10-26-18(16)22-17(23)13-4-2-3-5-15(13)21/h2-10H,1H3,(H,22,23). The van der Waals surface area contributed by atoms with Gasteiger partial charge in [-0.3, -0.25) is 4.79 Å². The van der Waals surface area contributed by atoms with E-state index in [-0.39, 0.29) is 5.91 Å². The number of ether oxygens (including phenoxy) is 1. The second-order valence-electron chi connectivity index (χ2n) is 5.29. The Labute approximate surface area is 167 Å². The summed E-state index contributed by atoms with van der Waals surface area (Å²) in [4.78, 5) is 24.9. The van der Waals surface area contributed by atoms with Gasteiger partial charge in [0.2, 0.25) is 0 Å². The van der Waals surface area contributed by atoms with E-state index in [1.54, 1.807) is 24.3 Å². The Kier molecular flexibility index (Phi) is 5.76. The fourth-order valence-electron chi connectivity index (χ4n) is 2.41. The molecule has 3 rings (SSSR count). The van der Waals surface area contributed by atoms with Crippen molar-refractivity contribution in [3.63, 3.8) is 0 Å². The Morgan fingerprint density at radius 3 is 2.46 bits per heavy atom. The first-order valence-electron chi connectivity index (χ1n) is 7.53. The minimum Gasteiger partial charge on any atom is -0.465 e. The normalized spacial score (nSPS) is 10.4. The molecule has 0 atom stereocenters. The van der Waals surface area contributed by atoms with Gasteiger partial charge in [-0.2, -0.15) is 0 Å². The number of carbonyl (C=O) groups excluding carboxylic acids is 2. The molecule has 2 aromatic carbocycles. The number of esters is 1. The van der Waals surface area contributed by atoms with E-state index in [9.17, 15) is 9.59 Å². The predicted octanol–water partition coefficient (Wildman–Crippen LogP) is 5.87. The molecule has 0 radical (unpaired) electrons. The Hall–Kier alpha value is -2.15. The topological polar surface area (TPSA) is 55.4 Å². The predicted molar refractivity (Wildman–Crippen MR) is 108 cm³/mol. The van der Waals surface area contributed by atoms with E-state index in [4.69, 9.17) is 16.3 Å². The van der Waals surface area contributed by atoms with Crippen molar-refractivity contribution in [1.82, 2.24) is 0 Å².